The highest BCUT2D eigenvalue weighted by Gasteiger charge is 2.20. The fraction of sp³-hybridized carbons (Fsp3) is 0.333. The number of rotatable bonds is 4. The molecule has 1 fully saturated rings. The number of piperazine rings is 1. The molecule has 1 aromatic heterocycles. The lowest BCUT2D eigenvalue weighted by Crippen LogP contribution is -2.48. The summed E-state index contributed by atoms with van der Waals surface area (Å²) in [5.41, 5.74) is 0.685. The molecule has 1 aliphatic heterocycles. The van der Waals surface area contributed by atoms with E-state index in [9.17, 15) is 4.79 Å². The number of thiazole rings is 1. The van der Waals surface area contributed by atoms with Crippen LogP contribution in [0.15, 0.2) is 35.8 Å². The SMILES string of the molecule is O=C(CN1CCN(c2nccs2)CC1)c1cccc(Cl)c1. The van der Waals surface area contributed by atoms with Crippen molar-refractivity contribution in [1.82, 2.24) is 9.88 Å². The first-order valence-electron chi connectivity index (χ1n) is 6.88. The molecule has 2 heterocycles. The number of halogens is 1. The first kappa shape index (κ1) is 14.5. The van der Waals surface area contributed by atoms with Crippen molar-refractivity contribution in [1.29, 1.82) is 0 Å². The van der Waals surface area contributed by atoms with Crippen LogP contribution in [-0.4, -0.2) is 48.4 Å². The minimum Gasteiger partial charge on any atom is -0.346 e. The lowest BCUT2D eigenvalue weighted by Gasteiger charge is -2.34. The molecular weight excluding hydrogens is 306 g/mol. The number of ketones is 1. The molecule has 0 bridgehead atoms. The van der Waals surface area contributed by atoms with Crippen molar-refractivity contribution in [3.05, 3.63) is 46.4 Å². The molecule has 0 radical (unpaired) electrons. The molecule has 0 unspecified atom stereocenters. The van der Waals surface area contributed by atoms with E-state index in [1.165, 1.54) is 0 Å². The van der Waals surface area contributed by atoms with E-state index < -0.39 is 0 Å². The zero-order valence-electron chi connectivity index (χ0n) is 11.5. The van der Waals surface area contributed by atoms with E-state index in [2.05, 4.69) is 14.8 Å². The van der Waals surface area contributed by atoms with Crippen molar-refractivity contribution in [2.45, 2.75) is 0 Å². The molecule has 110 valence electrons. The minimum atomic E-state index is 0.125. The Morgan fingerprint density at radius 3 is 2.76 bits per heavy atom. The maximum absolute atomic E-state index is 12.3. The third kappa shape index (κ3) is 3.61. The second-order valence-corrected chi connectivity index (χ2v) is 6.32. The van der Waals surface area contributed by atoms with Crippen LogP contribution in [0, 0.1) is 0 Å². The molecule has 1 aliphatic rings. The second kappa shape index (κ2) is 6.56. The highest BCUT2D eigenvalue weighted by atomic mass is 35.5. The van der Waals surface area contributed by atoms with Gasteiger partial charge in [0, 0.05) is 48.3 Å². The number of carbonyl (C=O) groups is 1. The van der Waals surface area contributed by atoms with Crippen LogP contribution in [0.3, 0.4) is 0 Å². The summed E-state index contributed by atoms with van der Waals surface area (Å²) in [6.07, 6.45) is 1.83. The predicted octanol–water partition coefficient (Wildman–Crippen LogP) is 2.80. The normalized spacial score (nSPS) is 16.1. The molecule has 0 saturated carbocycles. The molecule has 4 nitrogen and oxygen atoms in total. The first-order chi connectivity index (χ1) is 10.2. The third-order valence-corrected chi connectivity index (χ3v) is 4.64. The van der Waals surface area contributed by atoms with Crippen LogP contribution in [0.4, 0.5) is 5.13 Å². The summed E-state index contributed by atoms with van der Waals surface area (Å²) in [7, 11) is 0. The summed E-state index contributed by atoms with van der Waals surface area (Å²) < 4.78 is 0. The zero-order chi connectivity index (χ0) is 14.7. The standard InChI is InChI=1S/C15H16ClN3OS/c16-13-3-1-2-12(10-13)14(20)11-18-5-7-19(8-6-18)15-17-4-9-21-15/h1-4,9-10H,5-8,11H2. The number of carbonyl (C=O) groups excluding carboxylic acids is 1. The average molecular weight is 322 g/mol. The molecular formula is C15H16ClN3OS. The molecule has 0 N–H and O–H groups in total. The number of hydrogen-bond donors (Lipinski definition) is 0. The fourth-order valence-electron chi connectivity index (χ4n) is 2.43. The zero-order valence-corrected chi connectivity index (χ0v) is 13.1. The van der Waals surface area contributed by atoms with Crippen molar-refractivity contribution < 1.29 is 4.79 Å². The van der Waals surface area contributed by atoms with Crippen molar-refractivity contribution in [3.8, 4) is 0 Å². The maximum atomic E-state index is 12.3. The molecule has 6 heteroatoms. The average Bonchev–Trinajstić information content (AvgIpc) is 3.02. The van der Waals surface area contributed by atoms with Gasteiger partial charge in [0.05, 0.1) is 6.54 Å². The van der Waals surface area contributed by atoms with Gasteiger partial charge >= 0.3 is 0 Å². The van der Waals surface area contributed by atoms with E-state index in [1.54, 1.807) is 23.5 Å². The highest BCUT2D eigenvalue weighted by Crippen LogP contribution is 2.19. The van der Waals surface area contributed by atoms with Crippen molar-refractivity contribution >= 4 is 33.9 Å². The summed E-state index contributed by atoms with van der Waals surface area (Å²) in [6, 6.07) is 7.15. The van der Waals surface area contributed by atoms with Gasteiger partial charge in [-0.15, -0.1) is 11.3 Å². The number of nitrogens with zero attached hydrogens (tertiary/aromatic N) is 3. The van der Waals surface area contributed by atoms with Crippen LogP contribution in [0.5, 0.6) is 0 Å². The topological polar surface area (TPSA) is 36.4 Å². The van der Waals surface area contributed by atoms with Crippen LogP contribution in [-0.2, 0) is 0 Å². The number of Topliss-reactive ketones (excluding diaryl/α,β-unsaturated/α-hetero) is 1. The Morgan fingerprint density at radius 1 is 1.29 bits per heavy atom. The number of hydrogen-bond acceptors (Lipinski definition) is 5. The maximum Gasteiger partial charge on any atom is 0.185 e. The smallest absolute Gasteiger partial charge is 0.185 e. The fourth-order valence-corrected chi connectivity index (χ4v) is 3.31. The Bertz CT molecular complexity index is 609. The van der Waals surface area contributed by atoms with Gasteiger partial charge in [0.1, 0.15) is 0 Å². The Hall–Kier alpha value is -1.43. The summed E-state index contributed by atoms with van der Waals surface area (Å²) in [5, 5.41) is 3.66. The molecule has 21 heavy (non-hydrogen) atoms. The van der Waals surface area contributed by atoms with Crippen LogP contribution < -0.4 is 4.90 Å². The second-order valence-electron chi connectivity index (χ2n) is 5.01. The first-order valence-corrected chi connectivity index (χ1v) is 8.14. The molecule has 1 saturated heterocycles. The van der Waals surface area contributed by atoms with Crippen LogP contribution in [0.1, 0.15) is 10.4 Å². The molecule has 2 aromatic rings. The molecule has 0 atom stereocenters. The van der Waals surface area contributed by atoms with Gasteiger partial charge in [0.25, 0.3) is 0 Å². The van der Waals surface area contributed by atoms with Gasteiger partial charge in [0.2, 0.25) is 0 Å². The van der Waals surface area contributed by atoms with E-state index in [-0.39, 0.29) is 5.78 Å². The minimum absolute atomic E-state index is 0.125. The number of benzene rings is 1. The van der Waals surface area contributed by atoms with Crippen LogP contribution >= 0.6 is 22.9 Å². The van der Waals surface area contributed by atoms with Gasteiger partial charge in [-0.25, -0.2) is 4.98 Å². The van der Waals surface area contributed by atoms with E-state index in [1.807, 2.05) is 23.7 Å². The molecule has 0 amide bonds. The van der Waals surface area contributed by atoms with Gasteiger partial charge in [-0.05, 0) is 12.1 Å². The van der Waals surface area contributed by atoms with Gasteiger partial charge in [-0.2, -0.15) is 0 Å². The van der Waals surface area contributed by atoms with Gasteiger partial charge in [-0.1, -0.05) is 23.7 Å². The Morgan fingerprint density at radius 2 is 2.10 bits per heavy atom. The summed E-state index contributed by atoms with van der Waals surface area (Å²) in [6.45, 7) is 4.04. The Labute approximate surface area is 133 Å². The lowest BCUT2D eigenvalue weighted by atomic mass is 10.1. The quantitative estimate of drug-likeness (QED) is 0.811. The van der Waals surface area contributed by atoms with E-state index in [0.29, 0.717) is 17.1 Å². The third-order valence-electron chi connectivity index (χ3n) is 3.58. The Kier molecular flexibility index (Phi) is 4.53. The predicted molar refractivity (Wildman–Crippen MR) is 86.5 cm³/mol. The van der Waals surface area contributed by atoms with Gasteiger partial charge in [0.15, 0.2) is 10.9 Å². The summed E-state index contributed by atoms with van der Waals surface area (Å²) in [5.74, 6) is 0.125. The van der Waals surface area contributed by atoms with Crippen molar-refractivity contribution in [3.63, 3.8) is 0 Å². The highest BCUT2D eigenvalue weighted by molar-refractivity contribution is 7.13. The summed E-state index contributed by atoms with van der Waals surface area (Å²) >= 11 is 7.59. The van der Waals surface area contributed by atoms with Gasteiger partial charge < -0.3 is 4.90 Å². The number of aromatic nitrogens is 1. The summed E-state index contributed by atoms with van der Waals surface area (Å²) in [4.78, 5) is 21.0. The lowest BCUT2D eigenvalue weighted by molar-refractivity contribution is 0.0926. The van der Waals surface area contributed by atoms with Gasteiger partial charge in [-0.3, -0.25) is 9.69 Å². The molecule has 3 rings (SSSR count). The largest absolute Gasteiger partial charge is 0.346 e. The number of anilines is 1. The van der Waals surface area contributed by atoms with Crippen molar-refractivity contribution in [2.75, 3.05) is 37.6 Å². The van der Waals surface area contributed by atoms with E-state index in [0.717, 1.165) is 31.3 Å². The van der Waals surface area contributed by atoms with E-state index >= 15 is 0 Å². The Balaban J connectivity index is 1.54. The van der Waals surface area contributed by atoms with Crippen LogP contribution in [0.25, 0.3) is 0 Å². The monoisotopic (exact) mass is 321 g/mol. The molecule has 0 aliphatic carbocycles. The molecule has 1 aromatic carbocycles. The van der Waals surface area contributed by atoms with Crippen molar-refractivity contribution in [2.24, 2.45) is 0 Å². The van der Waals surface area contributed by atoms with Crippen LogP contribution in [0.2, 0.25) is 5.02 Å². The van der Waals surface area contributed by atoms with E-state index in [4.69, 9.17) is 11.6 Å². The molecule has 0 spiro atoms.